The van der Waals surface area contributed by atoms with E-state index in [1.54, 1.807) is 12.1 Å². The van der Waals surface area contributed by atoms with Crippen molar-refractivity contribution >= 4 is 5.69 Å². The van der Waals surface area contributed by atoms with Crippen LogP contribution >= 0.6 is 0 Å². The van der Waals surface area contributed by atoms with E-state index in [1.165, 1.54) is 6.07 Å². The van der Waals surface area contributed by atoms with Crippen molar-refractivity contribution in [3.05, 3.63) is 39.4 Å². The Morgan fingerprint density at radius 1 is 1.60 bits per heavy atom. The van der Waals surface area contributed by atoms with Crippen molar-refractivity contribution in [1.82, 2.24) is 0 Å². The predicted octanol–water partition coefficient (Wildman–Crippen LogP) is 0.765. The maximum absolute atomic E-state index is 10.7. The summed E-state index contributed by atoms with van der Waals surface area (Å²) in [5, 5.41) is 20.1. The average molecular weight is 210 g/mol. The molecule has 0 amide bonds. The van der Waals surface area contributed by atoms with E-state index < -0.39 is 11.0 Å². The molecule has 0 aromatic heterocycles. The third kappa shape index (κ3) is 3.00. The average Bonchev–Trinajstić information content (AvgIpc) is 2.17. The Kier molecular flexibility index (Phi) is 3.76. The highest BCUT2D eigenvalue weighted by molar-refractivity contribution is 5.42. The standard InChI is InChI=1S/C10H14N2O3/c1-7-2-3-10(12(14)15)8(4-7)5-9(13)6-11/h2-4,9,13H,5-6,11H2,1H3. The van der Waals surface area contributed by atoms with Crippen LogP contribution in [0.1, 0.15) is 11.1 Å². The minimum absolute atomic E-state index is 0.0353. The van der Waals surface area contributed by atoms with Gasteiger partial charge >= 0.3 is 0 Å². The van der Waals surface area contributed by atoms with Gasteiger partial charge in [-0.25, -0.2) is 0 Å². The Bertz CT molecular complexity index is 366. The molecule has 0 heterocycles. The van der Waals surface area contributed by atoms with Gasteiger partial charge in [-0.1, -0.05) is 11.6 Å². The topological polar surface area (TPSA) is 89.4 Å². The first kappa shape index (κ1) is 11.6. The molecular weight excluding hydrogens is 196 g/mol. The van der Waals surface area contributed by atoms with Gasteiger partial charge in [0.1, 0.15) is 0 Å². The van der Waals surface area contributed by atoms with Gasteiger partial charge in [-0.2, -0.15) is 0 Å². The van der Waals surface area contributed by atoms with Gasteiger partial charge in [0.15, 0.2) is 0 Å². The van der Waals surface area contributed by atoms with E-state index in [2.05, 4.69) is 0 Å². The fraction of sp³-hybridized carbons (Fsp3) is 0.400. The van der Waals surface area contributed by atoms with Crippen LogP contribution in [-0.2, 0) is 6.42 Å². The van der Waals surface area contributed by atoms with Gasteiger partial charge in [0, 0.05) is 24.6 Å². The second-order valence-corrected chi connectivity index (χ2v) is 3.48. The summed E-state index contributed by atoms with van der Waals surface area (Å²) in [7, 11) is 0. The van der Waals surface area contributed by atoms with Gasteiger partial charge in [0.05, 0.1) is 11.0 Å². The van der Waals surface area contributed by atoms with Crippen molar-refractivity contribution in [2.24, 2.45) is 5.73 Å². The first-order valence-electron chi connectivity index (χ1n) is 4.66. The van der Waals surface area contributed by atoms with Gasteiger partial charge in [0.2, 0.25) is 0 Å². The molecule has 0 spiro atoms. The van der Waals surface area contributed by atoms with Crippen molar-refractivity contribution in [2.45, 2.75) is 19.4 Å². The van der Waals surface area contributed by atoms with E-state index in [-0.39, 0.29) is 18.7 Å². The van der Waals surface area contributed by atoms with E-state index in [9.17, 15) is 15.2 Å². The molecule has 82 valence electrons. The highest BCUT2D eigenvalue weighted by Crippen LogP contribution is 2.21. The third-order valence-electron chi connectivity index (χ3n) is 2.16. The second kappa shape index (κ2) is 4.86. The number of aliphatic hydroxyl groups is 1. The Balaban J connectivity index is 3.02. The molecule has 0 bridgehead atoms. The van der Waals surface area contributed by atoms with E-state index in [0.717, 1.165) is 5.56 Å². The molecule has 15 heavy (non-hydrogen) atoms. The molecule has 0 aliphatic heterocycles. The highest BCUT2D eigenvalue weighted by Gasteiger charge is 2.15. The lowest BCUT2D eigenvalue weighted by Crippen LogP contribution is -2.22. The van der Waals surface area contributed by atoms with Gasteiger partial charge < -0.3 is 10.8 Å². The monoisotopic (exact) mass is 210 g/mol. The van der Waals surface area contributed by atoms with Crippen LogP contribution < -0.4 is 5.73 Å². The highest BCUT2D eigenvalue weighted by atomic mass is 16.6. The summed E-state index contributed by atoms with van der Waals surface area (Å²) in [6.07, 6.45) is -0.514. The Labute approximate surface area is 87.7 Å². The number of nitro groups is 1. The van der Waals surface area contributed by atoms with Crippen LogP contribution in [0.25, 0.3) is 0 Å². The number of hydrogen-bond acceptors (Lipinski definition) is 4. The molecule has 0 fully saturated rings. The van der Waals surface area contributed by atoms with Gasteiger partial charge in [0.25, 0.3) is 5.69 Å². The molecule has 1 aromatic rings. The van der Waals surface area contributed by atoms with Crippen molar-refractivity contribution in [3.63, 3.8) is 0 Å². The summed E-state index contributed by atoms with van der Waals surface area (Å²) < 4.78 is 0. The quantitative estimate of drug-likeness (QED) is 0.567. The second-order valence-electron chi connectivity index (χ2n) is 3.48. The molecule has 1 atom stereocenters. The lowest BCUT2D eigenvalue weighted by Gasteiger charge is -2.08. The summed E-state index contributed by atoms with van der Waals surface area (Å²) in [5.74, 6) is 0. The molecule has 0 radical (unpaired) electrons. The molecule has 5 heteroatoms. The summed E-state index contributed by atoms with van der Waals surface area (Å²) >= 11 is 0. The number of aryl methyl sites for hydroxylation is 1. The summed E-state index contributed by atoms with van der Waals surface area (Å²) in [6, 6.07) is 4.83. The lowest BCUT2D eigenvalue weighted by atomic mass is 10.0. The number of nitrogens with two attached hydrogens (primary N) is 1. The number of nitro benzene ring substituents is 1. The summed E-state index contributed by atoms with van der Waals surface area (Å²) in [6.45, 7) is 1.95. The van der Waals surface area contributed by atoms with Crippen LogP contribution in [0.15, 0.2) is 18.2 Å². The summed E-state index contributed by atoms with van der Waals surface area (Å²) in [5.41, 5.74) is 6.76. The van der Waals surface area contributed by atoms with E-state index in [1.807, 2.05) is 6.92 Å². The van der Waals surface area contributed by atoms with Gasteiger partial charge in [-0.3, -0.25) is 10.1 Å². The largest absolute Gasteiger partial charge is 0.391 e. The molecule has 0 aliphatic rings. The maximum atomic E-state index is 10.7. The Morgan fingerprint density at radius 2 is 2.27 bits per heavy atom. The smallest absolute Gasteiger partial charge is 0.272 e. The van der Waals surface area contributed by atoms with Crippen LogP contribution in [-0.4, -0.2) is 22.7 Å². The predicted molar refractivity (Wildman–Crippen MR) is 56.6 cm³/mol. The molecule has 1 rings (SSSR count). The zero-order chi connectivity index (χ0) is 11.4. The number of hydrogen-bond donors (Lipinski definition) is 2. The Hall–Kier alpha value is -1.46. The summed E-state index contributed by atoms with van der Waals surface area (Å²) in [4.78, 5) is 10.2. The zero-order valence-corrected chi connectivity index (χ0v) is 8.51. The van der Waals surface area contributed by atoms with E-state index in [4.69, 9.17) is 5.73 Å². The van der Waals surface area contributed by atoms with E-state index in [0.29, 0.717) is 5.56 Å². The maximum Gasteiger partial charge on any atom is 0.272 e. The zero-order valence-electron chi connectivity index (χ0n) is 8.51. The van der Waals surface area contributed by atoms with Crippen molar-refractivity contribution in [1.29, 1.82) is 0 Å². The number of benzene rings is 1. The molecule has 1 aromatic carbocycles. The number of nitrogens with zero attached hydrogens (tertiary/aromatic N) is 1. The van der Waals surface area contributed by atoms with Crippen molar-refractivity contribution in [3.8, 4) is 0 Å². The molecular formula is C10H14N2O3. The SMILES string of the molecule is Cc1ccc([N+](=O)[O-])c(CC(O)CN)c1. The number of rotatable bonds is 4. The van der Waals surface area contributed by atoms with Crippen LogP contribution in [0.5, 0.6) is 0 Å². The minimum atomic E-state index is -0.731. The molecule has 0 saturated heterocycles. The van der Waals surface area contributed by atoms with E-state index >= 15 is 0 Å². The normalized spacial score (nSPS) is 12.5. The van der Waals surface area contributed by atoms with Crippen LogP contribution in [0.3, 0.4) is 0 Å². The first-order valence-corrected chi connectivity index (χ1v) is 4.66. The first-order chi connectivity index (χ1) is 7.04. The third-order valence-corrected chi connectivity index (χ3v) is 2.16. The fourth-order valence-corrected chi connectivity index (χ4v) is 1.39. The fourth-order valence-electron chi connectivity index (χ4n) is 1.39. The van der Waals surface area contributed by atoms with Crippen LogP contribution in [0.2, 0.25) is 0 Å². The molecule has 1 unspecified atom stereocenters. The van der Waals surface area contributed by atoms with Crippen LogP contribution in [0.4, 0.5) is 5.69 Å². The molecule has 5 nitrogen and oxygen atoms in total. The lowest BCUT2D eigenvalue weighted by molar-refractivity contribution is -0.385. The molecule has 3 N–H and O–H groups in total. The van der Waals surface area contributed by atoms with Crippen molar-refractivity contribution < 1.29 is 10.0 Å². The van der Waals surface area contributed by atoms with Gasteiger partial charge in [-0.15, -0.1) is 0 Å². The van der Waals surface area contributed by atoms with Crippen molar-refractivity contribution in [2.75, 3.05) is 6.54 Å². The molecule has 0 saturated carbocycles. The van der Waals surface area contributed by atoms with Crippen LogP contribution in [0, 0.1) is 17.0 Å². The molecule has 0 aliphatic carbocycles. The Morgan fingerprint density at radius 3 is 2.80 bits per heavy atom. The number of aliphatic hydroxyl groups excluding tert-OH is 1. The van der Waals surface area contributed by atoms with Gasteiger partial charge in [-0.05, 0) is 13.0 Å². The minimum Gasteiger partial charge on any atom is -0.391 e.